The van der Waals surface area contributed by atoms with E-state index in [1.54, 1.807) is 6.20 Å². The molecule has 0 fully saturated rings. The van der Waals surface area contributed by atoms with E-state index in [1.807, 2.05) is 5.41 Å². The molecule has 1 rings (SSSR count). The summed E-state index contributed by atoms with van der Waals surface area (Å²) < 4.78 is 1.42. The minimum Gasteiger partial charge on any atom is -0.302 e. The Hall–Kier alpha value is -0.190. The minimum absolute atomic E-state index is 1.42. The average Bonchev–Trinajstić information content (AvgIpc) is 1.86. The molecule has 0 aromatic carbocycles. The Balaban J connectivity index is 2.32. The van der Waals surface area contributed by atoms with E-state index in [4.69, 9.17) is 5.84 Å². The van der Waals surface area contributed by atoms with Crippen LogP contribution in [0.2, 0.25) is 0 Å². The van der Waals surface area contributed by atoms with Crippen molar-refractivity contribution < 1.29 is 0 Å². The van der Waals surface area contributed by atoms with Gasteiger partial charge in [-0.2, -0.15) is 0 Å². The fourth-order valence-electron chi connectivity index (χ4n) is 0.230. The van der Waals surface area contributed by atoms with Crippen LogP contribution in [-0.2, 0) is 0 Å². The fourth-order valence-corrected chi connectivity index (χ4v) is 0.605. The maximum atomic E-state index is 5.16. The summed E-state index contributed by atoms with van der Waals surface area (Å²) in [7, 11) is 0. The lowest BCUT2D eigenvalue weighted by Gasteiger charge is -2.02. The molecule has 0 amide bonds. The van der Waals surface area contributed by atoms with Crippen LogP contribution in [0.4, 0.5) is 0 Å². The first-order chi connectivity index (χ1) is 2.89. The lowest BCUT2D eigenvalue weighted by molar-refractivity contribution is 0.441. The van der Waals surface area contributed by atoms with Crippen LogP contribution in [0.5, 0.6) is 0 Å². The SMILES string of the molecule is NN1NC=CS1. The second-order valence-electron chi connectivity index (χ2n) is 0.863. The highest BCUT2D eigenvalue weighted by atomic mass is 32.2. The summed E-state index contributed by atoms with van der Waals surface area (Å²) in [6, 6.07) is 0. The maximum absolute atomic E-state index is 5.16. The highest BCUT2D eigenvalue weighted by Gasteiger charge is 1.94. The maximum Gasteiger partial charge on any atom is 0.0228 e. The Morgan fingerprint density at radius 1 is 1.83 bits per heavy atom. The number of hydrogen-bond donors (Lipinski definition) is 2. The zero-order valence-electron chi connectivity index (χ0n) is 3.09. The van der Waals surface area contributed by atoms with Crippen LogP contribution in [0.15, 0.2) is 11.6 Å². The van der Waals surface area contributed by atoms with Gasteiger partial charge in [0.1, 0.15) is 0 Å². The molecular weight excluding hydrogens is 98.1 g/mol. The Labute approximate surface area is 40.3 Å². The number of nitrogens with two attached hydrogens (primary N) is 1. The average molecular weight is 103 g/mol. The molecule has 0 saturated heterocycles. The third-order valence-corrected chi connectivity index (χ3v) is 1.03. The van der Waals surface area contributed by atoms with Gasteiger partial charge in [-0.1, -0.05) is 4.52 Å². The van der Waals surface area contributed by atoms with Crippen LogP contribution in [-0.4, -0.2) is 4.52 Å². The molecule has 0 aliphatic carbocycles. The van der Waals surface area contributed by atoms with Gasteiger partial charge >= 0.3 is 0 Å². The van der Waals surface area contributed by atoms with Crippen LogP contribution in [0.1, 0.15) is 0 Å². The third kappa shape index (κ3) is 0.649. The van der Waals surface area contributed by atoms with E-state index in [1.165, 1.54) is 16.5 Å². The van der Waals surface area contributed by atoms with Crippen molar-refractivity contribution in [3.8, 4) is 0 Å². The zero-order chi connectivity index (χ0) is 4.41. The van der Waals surface area contributed by atoms with E-state index in [2.05, 4.69) is 5.43 Å². The van der Waals surface area contributed by atoms with E-state index in [0.717, 1.165) is 0 Å². The summed E-state index contributed by atoms with van der Waals surface area (Å²) in [5, 5.41) is 1.86. The monoisotopic (exact) mass is 103 g/mol. The smallest absolute Gasteiger partial charge is 0.0228 e. The van der Waals surface area contributed by atoms with Crippen molar-refractivity contribution in [2.24, 2.45) is 5.84 Å². The number of hydrazine groups is 2. The molecule has 4 heteroatoms. The standard InChI is InChI=1S/C2H5N3S/c3-5-4-1-2-6-5/h1-2,4H,3H2. The molecule has 1 heterocycles. The topological polar surface area (TPSA) is 41.3 Å². The molecule has 1 aliphatic heterocycles. The first-order valence-corrected chi connectivity index (χ1v) is 2.36. The number of nitrogens with one attached hydrogen (secondary N) is 1. The van der Waals surface area contributed by atoms with Gasteiger partial charge in [-0.15, -0.1) is 0 Å². The van der Waals surface area contributed by atoms with Crippen LogP contribution in [0.3, 0.4) is 0 Å². The van der Waals surface area contributed by atoms with Crippen LogP contribution < -0.4 is 11.3 Å². The molecule has 0 aromatic heterocycles. The summed E-state index contributed by atoms with van der Waals surface area (Å²) >= 11 is 1.42. The van der Waals surface area contributed by atoms with Crippen molar-refractivity contribution in [3.63, 3.8) is 0 Å². The van der Waals surface area contributed by atoms with Crippen LogP contribution >= 0.6 is 11.9 Å². The fraction of sp³-hybridized carbons (Fsp3) is 0. The van der Waals surface area contributed by atoms with E-state index in [9.17, 15) is 0 Å². The first kappa shape index (κ1) is 3.98. The summed E-state index contributed by atoms with van der Waals surface area (Å²) in [5.41, 5.74) is 2.71. The highest BCUT2D eigenvalue weighted by molar-refractivity contribution is 7.99. The quantitative estimate of drug-likeness (QED) is 0.329. The molecule has 0 unspecified atom stereocenters. The van der Waals surface area contributed by atoms with E-state index >= 15 is 0 Å². The van der Waals surface area contributed by atoms with Gasteiger partial charge in [0.15, 0.2) is 0 Å². The first-order valence-electron chi connectivity index (χ1n) is 1.52. The summed E-state index contributed by atoms with van der Waals surface area (Å²) in [6.45, 7) is 0. The molecule has 0 radical (unpaired) electrons. The second kappa shape index (κ2) is 1.51. The van der Waals surface area contributed by atoms with Gasteiger partial charge in [-0.05, 0) is 11.9 Å². The molecule has 6 heavy (non-hydrogen) atoms. The van der Waals surface area contributed by atoms with E-state index in [-0.39, 0.29) is 0 Å². The molecular formula is C2H5N3S. The summed E-state index contributed by atoms with van der Waals surface area (Å²) in [4.78, 5) is 0. The Bertz CT molecular complexity index is 63.2. The van der Waals surface area contributed by atoms with Gasteiger partial charge in [0.2, 0.25) is 0 Å². The van der Waals surface area contributed by atoms with Gasteiger partial charge < -0.3 is 5.43 Å². The number of rotatable bonds is 0. The van der Waals surface area contributed by atoms with Crippen molar-refractivity contribution in [2.45, 2.75) is 0 Å². The summed E-state index contributed by atoms with van der Waals surface area (Å²) in [5.74, 6) is 5.16. The number of hydrogen-bond acceptors (Lipinski definition) is 4. The van der Waals surface area contributed by atoms with Crippen molar-refractivity contribution >= 4 is 11.9 Å². The minimum atomic E-state index is 1.42. The Kier molecular flexibility index (Phi) is 0.999. The molecule has 0 spiro atoms. The van der Waals surface area contributed by atoms with Gasteiger partial charge in [-0.25, -0.2) is 5.84 Å². The molecule has 3 nitrogen and oxygen atoms in total. The lowest BCUT2D eigenvalue weighted by Crippen LogP contribution is -2.29. The van der Waals surface area contributed by atoms with Crippen LogP contribution in [0.25, 0.3) is 0 Å². The molecule has 1 aliphatic rings. The molecule has 0 saturated carbocycles. The zero-order valence-corrected chi connectivity index (χ0v) is 3.90. The molecule has 0 bridgehead atoms. The van der Waals surface area contributed by atoms with Crippen LogP contribution in [0, 0.1) is 0 Å². The molecule has 0 atom stereocenters. The number of nitrogens with zero attached hydrogens (tertiary/aromatic N) is 1. The lowest BCUT2D eigenvalue weighted by atomic mass is 11.1. The van der Waals surface area contributed by atoms with Gasteiger partial charge in [0.05, 0.1) is 0 Å². The third-order valence-electron chi connectivity index (χ3n) is 0.444. The Morgan fingerprint density at radius 2 is 2.67 bits per heavy atom. The molecule has 34 valence electrons. The van der Waals surface area contributed by atoms with Crippen molar-refractivity contribution in [2.75, 3.05) is 0 Å². The second-order valence-corrected chi connectivity index (χ2v) is 1.74. The normalized spacial score (nSPS) is 21.5. The molecule has 3 N–H and O–H groups in total. The summed E-state index contributed by atoms with van der Waals surface area (Å²) in [6.07, 6.45) is 1.77. The van der Waals surface area contributed by atoms with Crippen molar-refractivity contribution in [1.29, 1.82) is 0 Å². The van der Waals surface area contributed by atoms with Gasteiger partial charge in [-0.3, -0.25) is 0 Å². The van der Waals surface area contributed by atoms with Crippen molar-refractivity contribution in [1.82, 2.24) is 9.95 Å². The predicted octanol–water partition coefficient (Wildman–Crippen LogP) is -0.200. The van der Waals surface area contributed by atoms with Gasteiger partial charge in [0.25, 0.3) is 0 Å². The largest absolute Gasteiger partial charge is 0.302 e. The van der Waals surface area contributed by atoms with E-state index in [0.29, 0.717) is 0 Å². The Morgan fingerprint density at radius 3 is 2.83 bits per heavy atom. The predicted molar refractivity (Wildman–Crippen MR) is 25.9 cm³/mol. The van der Waals surface area contributed by atoms with Crippen molar-refractivity contribution in [3.05, 3.63) is 11.6 Å². The van der Waals surface area contributed by atoms with Gasteiger partial charge in [0, 0.05) is 11.6 Å². The molecule has 0 aromatic rings. The highest BCUT2D eigenvalue weighted by Crippen LogP contribution is 2.06. The van der Waals surface area contributed by atoms with E-state index < -0.39 is 0 Å².